The summed E-state index contributed by atoms with van der Waals surface area (Å²) in [5, 5.41) is 16.2. The van der Waals surface area contributed by atoms with Crippen LogP contribution in [0.5, 0.6) is 0 Å². The smallest absolute Gasteiger partial charge is 0.293 e. The van der Waals surface area contributed by atoms with Crippen molar-refractivity contribution in [1.29, 1.82) is 0 Å². The largest absolute Gasteiger partial charge is 0.376 e. The van der Waals surface area contributed by atoms with E-state index in [1.54, 1.807) is 23.9 Å². The van der Waals surface area contributed by atoms with Gasteiger partial charge in [-0.15, -0.1) is 49.0 Å². The van der Waals surface area contributed by atoms with Crippen molar-refractivity contribution in [3.63, 3.8) is 0 Å². The van der Waals surface area contributed by atoms with Gasteiger partial charge in [0.05, 0.1) is 15.5 Å². The number of benzene rings is 4. The zero-order chi connectivity index (χ0) is 40.8. The van der Waals surface area contributed by atoms with Gasteiger partial charge in [-0.1, -0.05) is 48.0 Å². The molecule has 1 amide bonds. The number of halogens is 4. The Bertz CT molecular complexity index is 2380. The number of nitro benzene ring substituents is 1. The lowest BCUT2D eigenvalue weighted by atomic mass is 9.92. The Labute approximate surface area is 385 Å². The van der Waals surface area contributed by atoms with Crippen molar-refractivity contribution in [2.45, 2.75) is 47.7 Å². The first-order valence-electron chi connectivity index (χ1n) is 19.2. The first-order valence-corrected chi connectivity index (χ1v) is 22.0. The van der Waals surface area contributed by atoms with Crippen LogP contribution in [0.4, 0.5) is 17.1 Å². The lowest BCUT2D eigenvalue weighted by molar-refractivity contribution is -0.384. The Morgan fingerprint density at radius 1 is 0.984 bits per heavy atom. The van der Waals surface area contributed by atoms with Crippen molar-refractivity contribution in [1.82, 2.24) is 19.5 Å². The van der Waals surface area contributed by atoms with Gasteiger partial charge in [-0.3, -0.25) is 24.8 Å². The highest BCUT2D eigenvalue weighted by Crippen LogP contribution is 2.35. The van der Waals surface area contributed by atoms with Crippen LogP contribution in [0.1, 0.15) is 34.3 Å². The molecule has 1 saturated heterocycles. The minimum absolute atomic E-state index is 0. The van der Waals surface area contributed by atoms with Crippen molar-refractivity contribution in [3.8, 4) is 11.3 Å². The maximum Gasteiger partial charge on any atom is 0.293 e. The number of amides is 1. The second kappa shape index (κ2) is 22.3. The van der Waals surface area contributed by atoms with E-state index in [4.69, 9.17) is 11.6 Å². The van der Waals surface area contributed by atoms with E-state index in [1.165, 1.54) is 12.1 Å². The number of hydrogen-bond donors (Lipinski definition) is 2. The van der Waals surface area contributed by atoms with E-state index >= 15 is 0 Å². The zero-order valence-corrected chi connectivity index (χ0v) is 38.4. The molecule has 0 bridgehead atoms. The molecule has 3 heterocycles. The summed E-state index contributed by atoms with van der Waals surface area (Å²) in [4.78, 5) is 37.3. The molecule has 1 fully saturated rings. The number of thioether (sulfide) groups is 1. The van der Waals surface area contributed by atoms with Crippen molar-refractivity contribution in [2.24, 2.45) is 0 Å². The number of anilines is 2. The van der Waals surface area contributed by atoms with Crippen LogP contribution in [0.15, 0.2) is 119 Å². The predicted molar refractivity (Wildman–Crippen MR) is 253 cm³/mol. The predicted octanol–water partition coefficient (Wildman–Crippen LogP) is 8.86. The highest BCUT2D eigenvalue weighted by molar-refractivity contribution is 7.99. The van der Waals surface area contributed by atoms with Crippen LogP contribution in [-0.4, -0.2) is 92.1 Å². The van der Waals surface area contributed by atoms with E-state index in [9.17, 15) is 23.3 Å². The minimum atomic E-state index is -4.44. The number of nitrogens with one attached hydrogen (secondary N) is 2. The summed E-state index contributed by atoms with van der Waals surface area (Å²) in [6, 6.07) is 30.9. The molecule has 4 aromatic carbocycles. The summed E-state index contributed by atoms with van der Waals surface area (Å²) in [6.07, 6.45) is 4.14. The quantitative estimate of drug-likeness (QED) is 0.0591. The number of carbonyl (C=O) groups is 1. The van der Waals surface area contributed by atoms with Gasteiger partial charge in [0.15, 0.2) is 0 Å². The van der Waals surface area contributed by atoms with Crippen LogP contribution >= 0.6 is 60.6 Å². The minimum Gasteiger partial charge on any atom is -0.376 e. The molecule has 0 unspecified atom stereocenters. The van der Waals surface area contributed by atoms with Crippen LogP contribution in [0, 0.1) is 10.1 Å². The van der Waals surface area contributed by atoms with Crippen LogP contribution in [0.2, 0.25) is 5.02 Å². The third kappa shape index (κ3) is 12.5. The standard InChI is InChI=1S/C43H46ClN7O5S2.3ClH/c1-48(2)22-20-35(29-57-37-8-4-3-5-9-37)46-39-18-17-38(26-41(39)51(53)54)58(55,56)47-43(52)32-13-19-40-31(25-32)12-16-36-28-49(23-24-50(36)40)27-33-7-6-21-45-42(33)30-10-14-34(44)15-11-30;;;/h3-11,13-15,17-19,21,25-26,35-36,46H,12,16,20,22-24,27-29H2,1-2H3,(H,47,52);3*1H/t35-,36+;;;/m1.../s1. The van der Waals surface area contributed by atoms with Gasteiger partial charge in [0, 0.05) is 83.0 Å². The molecule has 2 aliphatic rings. The Morgan fingerprint density at radius 3 is 2.46 bits per heavy atom. The van der Waals surface area contributed by atoms with Crippen LogP contribution in [-0.2, 0) is 23.0 Å². The molecule has 1 aromatic heterocycles. The lowest BCUT2D eigenvalue weighted by Crippen LogP contribution is -2.54. The number of nitro groups is 1. The maximum atomic E-state index is 13.5. The van der Waals surface area contributed by atoms with E-state index in [1.807, 2.05) is 91.9 Å². The van der Waals surface area contributed by atoms with Gasteiger partial charge in [0.1, 0.15) is 5.69 Å². The highest BCUT2D eigenvalue weighted by Gasteiger charge is 2.33. The van der Waals surface area contributed by atoms with E-state index < -0.39 is 20.9 Å². The number of aromatic nitrogens is 1. The van der Waals surface area contributed by atoms with Gasteiger partial charge >= 0.3 is 0 Å². The van der Waals surface area contributed by atoms with Gasteiger partial charge in [-0.25, -0.2) is 13.1 Å². The first kappa shape index (κ1) is 49.5. The fraction of sp³-hybridized carbons (Fsp3) is 0.302. The number of fused-ring (bicyclic) bond motifs is 3. The number of carbonyl (C=O) groups excluding carboxylic acids is 1. The van der Waals surface area contributed by atoms with Gasteiger partial charge in [0.25, 0.3) is 21.6 Å². The lowest BCUT2D eigenvalue weighted by Gasteiger charge is -2.46. The Morgan fingerprint density at radius 2 is 1.74 bits per heavy atom. The molecule has 2 N–H and O–H groups in total. The molecule has 326 valence electrons. The number of rotatable bonds is 15. The molecule has 0 saturated carbocycles. The van der Waals surface area contributed by atoms with Crippen LogP contribution < -0.4 is 14.9 Å². The molecule has 7 rings (SSSR count). The van der Waals surface area contributed by atoms with Crippen LogP contribution in [0.25, 0.3) is 11.3 Å². The van der Waals surface area contributed by atoms with Crippen LogP contribution in [0.3, 0.4) is 0 Å². The number of piperazine rings is 1. The maximum absolute atomic E-state index is 13.5. The molecule has 61 heavy (non-hydrogen) atoms. The topological polar surface area (TPSA) is 141 Å². The first-order chi connectivity index (χ1) is 27.9. The molecule has 0 radical (unpaired) electrons. The normalized spacial score (nSPS) is 15.2. The molecule has 0 aliphatic carbocycles. The van der Waals surface area contributed by atoms with E-state index in [-0.39, 0.29) is 71.1 Å². The molecule has 2 atom stereocenters. The van der Waals surface area contributed by atoms with Gasteiger partial charge in [-0.05, 0) is 112 Å². The molecule has 0 spiro atoms. The molecule has 2 aliphatic heterocycles. The van der Waals surface area contributed by atoms with Gasteiger partial charge < -0.3 is 15.1 Å². The Hall–Kier alpha value is -4.12. The summed E-state index contributed by atoms with van der Waals surface area (Å²) in [6.45, 7) is 4.04. The van der Waals surface area contributed by atoms with Gasteiger partial charge in [-0.2, -0.15) is 0 Å². The number of sulfonamides is 1. The molecule has 5 aromatic rings. The van der Waals surface area contributed by atoms with E-state index in [2.05, 4.69) is 30.9 Å². The highest BCUT2D eigenvalue weighted by atomic mass is 35.5. The number of hydrogen-bond acceptors (Lipinski definition) is 11. The Balaban J connectivity index is 0.00000273. The average molecular weight is 950 g/mol. The summed E-state index contributed by atoms with van der Waals surface area (Å²) < 4.78 is 29.2. The zero-order valence-electron chi connectivity index (χ0n) is 33.6. The Kier molecular flexibility index (Phi) is 18.1. The fourth-order valence-electron chi connectivity index (χ4n) is 7.57. The summed E-state index contributed by atoms with van der Waals surface area (Å²) >= 11 is 7.77. The molecule has 12 nitrogen and oxygen atoms in total. The summed E-state index contributed by atoms with van der Waals surface area (Å²) in [5.41, 5.74) is 5.18. The molecular formula is C43H49Cl4N7O5S2. The monoisotopic (exact) mass is 947 g/mol. The second-order valence-electron chi connectivity index (χ2n) is 14.9. The molecular weight excluding hydrogens is 900 g/mol. The van der Waals surface area contributed by atoms with Gasteiger partial charge in [0.2, 0.25) is 0 Å². The number of nitrogens with zero attached hydrogens (tertiary/aromatic N) is 5. The van der Waals surface area contributed by atoms with Crippen molar-refractivity contribution in [2.75, 3.05) is 56.2 Å². The summed E-state index contributed by atoms with van der Waals surface area (Å²) in [7, 11) is -0.516. The number of pyridine rings is 1. The average Bonchev–Trinajstić information content (AvgIpc) is 3.22. The SMILES string of the molecule is CN(C)CC[C@H](CSc1ccccc1)Nc1ccc(S(=O)(=O)NC(=O)c2ccc3c(c2)CC[C@H]2CN(Cc4cccnc4-c4ccc(Cl)cc4)CCN32)cc1[N+](=O)[O-].Cl.Cl.Cl. The summed E-state index contributed by atoms with van der Waals surface area (Å²) in [5.74, 6) is -0.157. The van der Waals surface area contributed by atoms with Crippen molar-refractivity contribution < 1.29 is 18.1 Å². The molecule has 18 heteroatoms. The number of aryl methyl sites for hydroxylation is 1. The van der Waals surface area contributed by atoms with E-state index in [0.29, 0.717) is 17.2 Å². The second-order valence-corrected chi connectivity index (χ2v) is 18.1. The van der Waals surface area contributed by atoms with Crippen molar-refractivity contribution in [3.05, 3.63) is 141 Å². The van der Waals surface area contributed by atoms with E-state index in [0.717, 1.165) is 84.6 Å². The third-order valence-corrected chi connectivity index (χ3v) is 13.3. The fourth-order valence-corrected chi connectivity index (χ4v) is 9.68. The third-order valence-electron chi connectivity index (χ3n) is 10.5. The van der Waals surface area contributed by atoms with Crippen molar-refractivity contribution >= 4 is 93.6 Å².